The molecule has 27 heavy (non-hydrogen) atoms. The van der Waals surface area contributed by atoms with Crippen LogP contribution < -0.4 is 0 Å². The molecule has 3 aromatic heterocycles. The first-order chi connectivity index (χ1) is 12.6. The Balaban J connectivity index is 2.11. The predicted octanol–water partition coefficient (Wildman–Crippen LogP) is 6.05. The zero-order chi connectivity index (χ0) is 19.8. The molecule has 0 radical (unpaired) electrons. The predicted molar refractivity (Wildman–Crippen MR) is 112 cm³/mol. The number of nitrogens with zero attached hydrogens (tertiary/aromatic N) is 3. The van der Waals surface area contributed by atoms with Gasteiger partial charge in [-0.3, -0.25) is 0 Å². The van der Waals surface area contributed by atoms with Crippen molar-refractivity contribution in [3.05, 3.63) is 58.9 Å². The molecule has 3 aromatic rings. The minimum absolute atomic E-state index is 0.134. The maximum absolute atomic E-state index is 9.30. The first-order valence-corrected chi connectivity index (χ1v) is 12.2. The van der Waals surface area contributed by atoms with Gasteiger partial charge in [-0.15, -0.1) is 0 Å². The molecule has 3 heterocycles. The van der Waals surface area contributed by atoms with Crippen molar-refractivity contribution in [2.45, 2.75) is 45.5 Å². The minimum Gasteiger partial charge on any atom is -0.412 e. The standard InChI is InChI=1S/C21H24ClN3OSi/c1-21(2,3)27(4,5)26-14-16-12-17-8-6-7-9-25(17)20(16)18-10-15(13-23)11-19(22)24-18/h6-12H,14H2,1-5H3. The van der Waals surface area contributed by atoms with Crippen LogP contribution in [0.5, 0.6) is 0 Å². The second kappa shape index (κ2) is 7.12. The summed E-state index contributed by atoms with van der Waals surface area (Å²) in [6, 6.07) is 13.7. The van der Waals surface area contributed by atoms with Crippen molar-refractivity contribution in [3.63, 3.8) is 0 Å². The summed E-state index contributed by atoms with van der Waals surface area (Å²) in [4.78, 5) is 4.48. The summed E-state index contributed by atoms with van der Waals surface area (Å²) in [6.07, 6.45) is 2.00. The van der Waals surface area contributed by atoms with Gasteiger partial charge in [-0.05, 0) is 48.5 Å². The van der Waals surface area contributed by atoms with Gasteiger partial charge in [0.1, 0.15) is 5.15 Å². The SMILES string of the molecule is CC(C)(C)[Si](C)(C)OCc1cc2ccccn2c1-c1cc(C#N)cc(Cl)n1. The van der Waals surface area contributed by atoms with E-state index >= 15 is 0 Å². The molecule has 0 bridgehead atoms. The van der Waals surface area contributed by atoms with E-state index in [0.29, 0.717) is 23.0 Å². The second-order valence-electron chi connectivity index (χ2n) is 8.24. The molecule has 0 fully saturated rings. The number of aromatic nitrogens is 2. The summed E-state index contributed by atoms with van der Waals surface area (Å²) in [5.74, 6) is 0. The Hall–Kier alpha value is -2.13. The lowest BCUT2D eigenvalue weighted by molar-refractivity contribution is 0.277. The van der Waals surface area contributed by atoms with E-state index in [9.17, 15) is 5.26 Å². The number of fused-ring (bicyclic) bond motifs is 1. The quantitative estimate of drug-likeness (QED) is 0.397. The van der Waals surface area contributed by atoms with E-state index < -0.39 is 8.32 Å². The van der Waals surface area contributed by atoms with Gasteiger partial charge in [-0.25, -0.2) is 4.98 Å². The lowest BCUT2D eigenvalue weighted by Gasteiger charge is -2.36. The summed E-state index contributed by atoms with van der Waals surface area (Å²) < 4.78 is 8.53. The van der Waals surface area contributed by atoms with Gasteiger partial charge in [0, 0.05) is 17.3 Å². The molecule has 0 saturated heterocycles. The molecular formula is C21H24ClN3OSi. The average molecular weight is 398 g/mol. The molecule has 3 rings (SSSR count). The molecule has 0 N–H and O–H groups in total. The Labute approximate surface area is 166 Å². The van der Waals surface area contributed by atoms with Gasteiger partial charge in [-0.2, -0.15) is 5.26 Å². The summed E-state index contributed by atoms with van der Waals surface area (Å²) in [5, 5.41) is 9.75. The first kappa shape index (κ1) is 19.6. The van der Waals surface area contributed by atoms with E-state index in [-0.39, 0.29) is 5.04 Å². The number of nitriles is 1. The molecule has 0 aromatic carbocycles. The molecule has 140 valence electrons. The van der Waals surface area contributed by atoms with Gasteiger partial charge in [0.05, 0.1) is 29.6 Å². The monoisotopic (exact) mass is 397 g/mol. The molecule has 0 spiro atoms. The van der Waals surface area contributed by atoms with Crippen LogP contribution >= 0.6 is 11.6 Å². The van der Waals surface area contributed by atoms with Crippen LogP contribution in [-0.4, -0.2) is 17.7 Å². The smallest absolute Gasteiger partial charge is 0.192 e. The van der Waals surface area contributed by atoms with Crippen molar-refractivity contribution in [2.75, 3.05) is 0 Å². The number of rotatable bonds is 4. The maximum atomic E-state index is 9.30. The summed E-state index contributed by atoms with van der Waals surface area (Å²) in [7, 11) is -1.90. The van der Waals surface area contributed by atoms with Gasteiger partial charge in [0.15, 0.2) is 8.32 Å². The van der Waals surface area contributed by atoms with Crippen LogP contribution in [-0.2, 0) is 11.0 Å². The van der Waals surface area contributed by atoms with E-state index in [1.165, 1.54) is 0 Å². The normalized spacial score (nSPS) is 12.3. The van der Waals surface area contributed by atoms with Crippen LogP contribution in [0.1, 0.15) is 31.9 Å². The molecule has 6 heteroatoms. The fourth-order valence-electron chi connectivity index (χ4n) is 2.73. The van der Waals surface area contributed by atoms with Crippen molar-refractivity contribution >= 4 is 25.4 Å². The van der Waals surface area contributed by atoms with Crippen molar-refractivity contribution in [2.24, 2.45) is 0 Å². The minimum atomic E-state index is -1.90. The Kier molecular flexibility index (Phi) is 5.17. The van der Waals surface area contributed by atoms with Gasteiger partial charge >= 0.3 is 0 Å². The zero-order valence-electron chi connectivity index (χ0n) is 16.4. The van der Waals surface area contributed by atoms with Gasteiger partial charge in [-0.1, -0.05) is 38.4 Å². The number of halogens is 1. The summed E-state index contributed by atoms with van der Waals surface area (Å²) >= 11 is 6.16. The van der Waals surface area contributed by atoms with Crippen molar-refractivity contribution < 1.29 is 4.43 Å². The van der Waals surface area contributed by atoms with Gasteiger partial charge < -0.3 is 8.83 Å². The van der Waals surface area contributed by atoms with E-state index in [4.69, 9.17) is 16.0 Å². The molecular weight excluding hydrogens is 374 g/mol. The topological polar surface area (TPSA) is 50.3 Å². The Morgan fingerprint density at radius 3 is 2.63 bits per heavy atom. The fourth-order valence-corrected chi connectivity index (χ4v) is 3.89. The molecule has 4 nitrogen and oxygen atoms in total. The highest BCUT2D eigenvalue weighted by Crippen LogP contribution is 2.38. The Morgan fingerprint density at radius 2 is 1.96 bits per heavy atom. The number of pyridine rings is 2. The van der Waals surface area contributed by atoms with Crippen molar-refractivity contribution in [3.8, 4) is 17.5 Å². The van der Waals surface area contributed by atoms with E-state index in [2.05, 4.69) is 61.5 Å². The summed E-state index contributed by atoms with van der Waals surface area (Å²) in [5.41, 5.74) is 4.20. The first-order valence-electron chi connectivity index (χ1n) is 8.93. The highest BCUT2D eigenvalue weighted by molar-refractivity contribution is 6.74. The Bertz CT molecular complexity index is 1030. The van der Waals surface area contributed by atoms with Crippen LogP contribution in [0.25, 0.3) is 16.9 Å². The average Bonchev–Trinajstić information content (AvgIpc) is 2.97. The second-order valence-corrected chi connectivity index (χ2v) is 13.4. The van der Waals surface area contributed by atoms with E-state index in [0.717, 1.165) is 16.8 Å². The van der Waals surface area contributed by atoms with Gasteiger partial charge in [0.25, 0.3) is 0 Å². The molecule has 0 unspecified atom stereocenters. The van der Waals surface area contributed by atoms with Crippen LogP contribution in [0.15, 0.2) is 42.6 Å². The van der Waals surface area contributed by atoms with Crippen molar-refractivity contribution in [1.29, 1.82) is 5.26 Å². The fraction of sp³-hybridized carbons (Fsp3) is 0.333. The maximum Gasteiger partial charge on any atom is 0.192 e. The zero-order valence-corrected chi connectivity index (χ0v) is 18.1. The molecule has 0 aliphatic carbocycles. The number of hydrogen-bond acceptors (Lipinski definition) is 3. The van der Waals surface area contributed by atoms with E-state index in [1.807, 2.05) is 18.3 Å². The highest BCUT2D eigenvalue weighted by Gasteiger charge is 2.37. The lowest BCUT2D eigenvalue weighted by Crippen LogP contribution is -2.40. The third kappa shape index (κ3) is 3.93. The molecule has 0 atom stereocenters. The number of hydrogen-bond donors (Lipinski definition) is 0. The third-order valence-corrected chi connectivity index (χ3v) is 9.99. The van der Waals surface area contributed by atoms with E-state index in [1.54, 1.807) is 12.1 Å². The summed E-state index contributed by atoms with van der Waals surface area (Å²) in [6.45, 7) is 11.7. The largest absolute Gasteiger partial charge is 0.412 e. The van der Waals surface area contributed by atoms with Crippen LogP contribution in [0, 0.1) is 11.3 Å². The van der Waals surface area contributed by atoms with Crippen LogP contribution in [0.3, 0.4) is 0 Å². The Morgan fingerprint density at radius 1 is 1.22 bits per heavy atom. The van der Waals surface area contributed by atoms with Crippen LogP contribution in [0.4, 0.5) is 0 Å². The molecule has 0 amide bonds. The lowest BCUT2D eigenvalue weighted by atomic mass is 10.1. The molecule has 0 aliphatic heterocycles. The third-order valence-electron chi connectivity index (χ3n) is 5.32. The van der Waals surface area contributed by atoms with Crippen LogP contribution in [0.2, 0.25) is 23.3 Å². The van der Waals surface area contributed by atoms with Gasteiger partial charge in [0.2, 0.25) is 0 Å². The highest BCUT2D eigenvalue weighted by atomic mass is 35.5. The van der Waals surface area contributed by atoms with Crippen molar-refractivity contribution in [1.82, 2.24) is 9.38 Å². The molecule has 0 aliphatic rings. The molecule has 0 saturated carbocycles.